The minimum atomic E-state index is -0.475. The molecule has 0 radical (unpaired) electrons. The lowest BCUT2D eigenvalue weighted by atomic mass is 10.1. The summed E-state index contributed by atoms with van der Waals surface area (Å²) in [6.07, 6.45) is 0.682. The number of carbonyl (C=O) groups is 2. The summed E-state index contributed by atoms with van der Waals surface area (Å²) in [5.74, 6) is -0.477. The Bertz CT molecular complexity index is 789. The van der Waals surface area contributed by atoms with Crippen molar-refractivity contribution in [2.75, 3.05) is 16.8 Å². The van der Waals surface area contributed by atoms with Crippen molar-refractivity contribution in [3.05, 3.63) is 58.6 Å². The number of anilines is 2. The molecule has 2 aromatic rings. The number of primary amides is 1. The van der Waals surface area contributed by atoms with E-state index in [0.29, 0.717) is 29.2 Å². The zero-order valence-electron chi connectivity index (χ0n) is 13.3. The Hall–Kier alpha value is -2.53. The van der Waals surface area contributed by atoms with Crippen LogP contribution in [0, 0.1) is 6.92 Å². The van der Waals surface area contributed by atoms with Crippen molar-refractivity contribution in [2.45, 2.75) is 19.4 Å². The topological polar surface area (TPSA) is 75.4 Å². The number of aryl methyl sites for hydroxylation is 1. The van der Waals surface area contributed by atoms with Crippen LogP contribution >= 0.6 is 11.6 Å². The number of nitrogens with zero attached hydrogens (tertiary/aromatic N) is 1. The normalized spacial score (nSPS) is 17.2. The molecular formula is C18H18ClN3O2. The van der Waals surface area contributed by atoms with Crippen LogP contribution in [0.3, 0.4) is 0 Å². The minimum Gasteiger partial charge on any atom is -0.374 e. The standard InChI is InChI=1S/C18H18ClN3O2/c1-11-2-5-13(10-15(11)17(20)23)21-16-8-9-22(18(16)24)14-6-3-12(19)4-7-14/h2-7,10,16,21H,8-9H2,1H3,(H2,20,23). The summed E-state index contributed by atoms with van der Waals surface area (Å²) in [6, 6.07) is 12.2. The van der Waals surface area contributed by atoms with Crippen LogP contribution in [0.5, 0.6) is 0 Å². The SMILES string of the molecule is Cc1ccc(NC2CCN(c3ccc(Cl)cc3)C2=O)cc1C(N)=O. The number of nitrogens with two attached hydrogens (primary N) is 1. The lowest BCUT2D eigenvalue weighted by Crippen LogP contribution is -2.33. The molecule has 1 saturated heterocycles. The molecule has 24 heavy (non-hydrogen) atoms. The van der Waals surface area contributed by atoms with E-state index in [-0.39, 0.29) is 11.9 Å². The molecule has 0 spiro atoms. The maximum atomic E-state index is 12.6. The number of hydrogen-bond donors (Lipinski definition) is 2. The van der Waals surface area contributed by atoms with E-state index in [1.165, 1.54) is 0 Å². The first kappa shape index (κ1) is 16.3. The van der Waals surface area contributed by atoms with Gasteiger partial charge in [0, 0.05) is 28.5 Å². The van der Waals surface area contributed by atoms with Gasteiger partial charge in [-0.15, -0.1) is 0 Å². The van der Waals surface area contributed by atoms with E-state index in [2.05, 4.69) is 5.32 Å². The summed E-state index contributed by atoms with van der Waals surface area (Å²) in [4.78, 5) is 25.8. The third kappa shape index (κ3) is 3.21. The van der Waals surface area contributed by atoms with Crippen LogP contribution < -0.4 is 16.0 Å². The molecule has 1 atom stereocenters. The smallest absolute Gasteiger partial charge is 0.249 e. The molecule has 0 aromatic heterocycles. The predicted molar refractivity (Wildman–Crippen MR) is 95.5 cm³/mol. The van der Waals surface area contributed by atoms with Gasteiger partial charge in [-0.05, 0) is 55.3 Å². The molecule has 5 nitrogen and oxygen atoms in total. The second kappa shape index (κ2) is 6.53. The molecule has 0 saturated carbocycles. The van der Waals surface area contributed by atoms with Crippen molar-refractivity contribution in [2.24, 2.45) is 5.73 Å². The second-order valence-corrected chi connectivity index (χ2v) is 6.28. The van der Waals surface area contributed by atoms with Crippen LogP contribution in [0.2, 0.25) is 5.02 Å². The first-order valence-corrected chi connectivity index (χ1v) is 8.07. The highest BCUT2D eigenvalue weighted by Gasteiger charge is 2.32. The fourth-order valence-electron chi connectivity index (χ4n) is 2.87. The van der Waals surface area contributed by atoms with Gasteiger partial charge in [0.1, 0.15) is 6.04 Å². The van der Waals surface area contributed by atoms with E-state index in [0.717, 1.165) is 11.3 Å². The zero-order valence-corrected chi connectivity index (χ0v) is 14.0. The highest BCUT2D eigenvalue weighted by atomic mass is 35.5. The van der Waals surface area contributed by atoms with Gasteiger partial charge in [-0.25, -0.2) is 0 Å². The van der Waals surface area contributed by atoms with Gasteiger partial charge in [-0.1, -0.05) is 17.7 Å². The van der Waals surface area contributed by atoms with E-state index in [9.17, 15) is 9.59 Å². The average Bonchev–Trinajstić information content (AvgIpc) is 2.91. The molecule has 1 aliphatic heterocycles. The van der Waals surface area contributed by atoms with Crippen molar-refractivity contribution in [1.29, 1.82) is 0 Å². The molecule has 2 aromatic carbocycles. The highest BCUT2D eigenvalue weighted by molar-refractivity contribution is 6.30. The molecule has 3 rings (SSSR count). The molecule has 0 bridgehead atoms. The van der Waals surface area contributed by atoms with Gasteiger partial charge in [0.25, 0.3) is 0 Å². The third-order valence-electron chi connectivity index (χ3n) is 4.19. The van der Waals surface area contributed by atoms with Crippen LogP contribution in [0.25, 0.3) is 0 Å². The van der Waals surface area contributed by atoms with Gasteiger partial charge < -0.3 is 16.0 Å². The van der Waals surface area contributed by atoms with Crippen LogP contribution in [0.15, 0.2) is 42.5 Å². The van der Waals surface area contributed by atoms with Gasteiger partial charge in [-0.2, -0.15) is 0 Å². The van der Waals surface area contributed by atoms with E-state index in [4.69, 9.17) is 17.3 Å². The van der Waals surface area contributed by atoms with Gasteiger partial charge in [0.2, 0.25) is 11.8 Å². The number of halogens is 1. The summed E-state index contributed by atoms with van der Waals surface area (Å²) in [5.41, 5.74) is 8.19. The number of amides is 2. The van der Waals surface area contributed by atoms with Crippen molar-refractivity contribution >= 4 is 34.8 Å². The summed E-state index contributed by atoms with van der Waals surface area (Å²) < 4.78 is 0. The largest absolute Gasteiger partial charge is 0.374 e. The fraction of sp³-hybridized carbons (Fsp3) is 0.222. The van der Waals surface area contributed by atoms with Crippen molar-refractivity contribution in [3.8, 4) is 0 Å². The lowest BCUT2D eigenvalue weighted by Gasteiger charge is -2.18. The molecule has 124 valence electrons. The molecule has 2 amide bonds. The number of hydrogen-bond acceptors (Lipinski definition) is 3. The molecule has 1 heterocycles. The monoisotopic (exact) mass is 343 g/mol. The van der Waals surface area contributed by atoms with Gasteiger partial charge in [0.05, 0.1) is 0 Å². The maximum absolute atomic E-state index is 12.6. The van der Waals surface area contributed by atoms with Gasteiger partial charge in [0.15, 0.2) is 0 Å². The van der Waals surface area contributed by atoms with E-state index >= 15 is 0 Å². The summed E-state index contributed by atoms with van der Waals surface area (Å²) >= 11 is 5.89. The van der Waals surface area contributed by atoms with Crippen molar-refractivity contribution in [3.63, 3.8) is 0 Å². The first-order chi connectivity index (χ1) is 11.5. The molecule has 6 heteroatoms. The van der Waals surface area contributed by atoms with E-state index in [1.807, 2.05) is 31.2 Å². The van der Waals surface area contributed by atoms with Crippen LogP contribution in [0.4, 0.5) is 11.4 Å². The molecule has 1 aliphatic rings. The Morgan fingerprint density at radius 2 is 1.96 bits per heavy atom. The van der Waals surface area contributed by atoms with E-state index in [1.54, 1.807) is 23.1 Å². The second-order valence-electron chi connectivity index (χ2n) is 5.85. The van der Waals surface area contributed by atoms with Crippen LogP contribution in [-0.2, 0) is 4.79 Å². The number of benzene rings is 2. The Kier molecular flexibility index (Phi) is 4.44. The van der Waals surface area contributed by atoms with Crippen molar-refractivity contribution in [1.82, 2.24) is 0 Å². The van der Waals surface area contributed by atoms with Crippen molar-refractivity contribution < 1.29 is 9.59 Å². The first-order valence-electron chi connectivity index (χ1n) is 7.69. The molecule has 3 N–H and O–H groups in total. The number of nitrogens with one attached hydrogen (secondary N) is 1. The summed E-state index contributed by atoms with van der Waals surface area (Å²) in [6.45, 7) is 2.46. The van der Waals surface area contributed by atoms with Crippen LogP contribution in [0.1, 0.15) is 22.3 Å². The number of rotatable bonds is 4. The molecule has 1 unspecified atom stereocenters. The molecule has 0 aliphatic carbocycles. The Balaban J connectivity index is 1.75. The third-order valence-corrected chi connectivity index (χ3v) is 4.44. The predicted octanol–water partition coefficient (Wildman–Crippen LogP) is 2.96. The zero-order chi connectivity index (χ0) is 17.3. The number of carbonyl (C=O) groups excluding carboxylic acids is 2. The average molecular weight is 344 g/mol. The van der Waals surface area contributed by atoms with E-state index < -0.39 is 5.91 Å². The Labute approximate surface area is 145 Å². The Morgan fingerprint density at radius 3 is 2.62 bits per heavy atom. The fourth-order valence-corrected chi connectivity index (χ4v) is 3.00. The highest BCUT2D eigenvalue weighted by Crippen LogP contribution is 2.25. The molecule has 1 fully saturated rings. The lowest BCUT2D eigenvalue weighted by molar-refractivity contribution is -0.117. The minimum absolute atomic E-state index is 0.00137. The van der Waals surface area contributed by atoms with Gasteiger partial charge >= 0.3 is 0 Å². The quantitative estimate of drug-likeness (QED) is 0.896. The summed E-state index contributed by atoms with van der Waals surface area (Å²) in [7, 11) is 0. The van der Waals surface area contributed by atoms with Crippen LogP contribution in [-0.4, -0.2) is 24.4 Å². The summed E-state index contributed by atoms with van der Waals surface area (Å²) in [5, 5.41) is 3.84. The maximum Gasteiger partial charge on any atom is 0.249 e. The Morgan fingerprint density at radius 1 is 1.25 bits per heavy atom. The molecular weight excluding hydrogens is 326 g/mol. The van der Waals surface area contributed by atoms with Gasteiger partial charge in [-0.3, -0.25) is 9.59 Å².